The molecule has 5 aromatic rings. The molecule has 4 heterocycles. The fraction of sp³-hybridized carbons (Fsp3) is 0.351. The van der Waals surface area contributed by atoms with Gasteiger partial charge in [0.25, 0.3) is 5.56 Å². The number of aryl methyl sites for hydroxylation is 3. The van der Waals surface area contributed by atoms with Crippen LogP contribution in [0.15, 0.2) is 46.6 Å². The molecule has 3 aromatic heterocycles. The largest absolute Gasteiger partial charge is 0.491 e. The first-order chi connectivity index (χ1) is 23.5. The first-order valence-electron chi connectivity index (χ1n) is 16.3. The Hall–Kier alpha value is -4.19. The summed E-state index contributed by atoms with van der Waals surface area (Å²) in [6.07, 6.45) is 1.74. The molecule has 1 aliphatic carbocycles. The smallest absolute Gasteiger partial charge is 0.341 e. The van der Waals surface area contributed by atoms with Gasteiger partial charge in [-0.05, 0) is 94.5 Å². The number of hydrogen-bond donors (Lipinski definition) is 0. The lowest BCUT2D eigenvalue weighted by Crippen LogP contribution is -2.41. The van der Waals surface area contributed by atoms with Gasteiger partial charge in [0.15, 0.2) is 11.6 Å². The molecule has 2 aliphatic rings. The molecule has 8 nitrogen and oxygen atoms in total. The minimum Gasteiger partial charge on any atom is -0.491 e. The Labute approximate surface area is 291 Å². The summed E-state index contributed by atoms with van der Waals surface area (Å²) in [5.41, 5.74) is 6.27. The van der Waals surface area contributed by atoms with Gasteiger partial charge in [-0.2, -0.15) is 0 Å². The Bertz CT molecular complexity index is 2150. The van der Waals surface area contributed by atoms with Crippen molar-refractivity contribution in [2.24, 2.45) is 0 Å². The van der Waals surface area contributed by atoms with E-state index in [2.05, 4.69) is 9.88 Å². The van der Waals surface area contributed by atoms with E-state index in [4.69, 9.17) is 26.1 Å². The van der Waals surface area contributed by atoms with Crippen LogP contribution >= 0.6 is 22.9 Å². The Morgan fingerprint density at radius 3 is 2.51 bits per heavy atom. The molecule has 7 rings (SSSR count). The zero-order valence-electron chi connectivity index (χ0n) is 27.6. The van der Waals surface area contributed by atoms with Crippen molar-refractivity contribution >= 4 is 39.1 Å². The number of benzene rings is 2. The number of carbonyl (C=O) groups excluding carboxylic acids is 1. The molecule has 0 fully saturated rings. The summed E-state index contributed by atoms with van der Waals surface area (Å²) in [7, 11) is 0. The van der Waals surface area contributed by atoms with Crippen LogP contribution in [-0.4, -0.2) is 44.2 Å². The molecule has 0 spiro atoms. The minimum atomic E-state index is -0.835. The number of aromatic nitrogens is 3. The summed E-state index contributed by atoms with van der Waals surface area (Å²) in [6, 6.07) is 9.96. The SMILES string of the molecule is Cc1cc(-c2cc(Cl)ccc2OCCn2c(C)nc3c(c2=O)CC(N2Cc4cc(F)c(F)cc4C2)CC3)c2scc(C(=O)OC(C)C)c2n1. The number of hydrogen-bond acceptors (Lipinski definition) is 8. The van der Waals surface area contributed by atoms with Gasteiger partial charge in [-0.3, -0.25) is 19.2 Å². The Morgan fingerprint density at radius 1 is 1.06 bits per heavy atom. The van der Waals surface area contributed by atoms with Crippen molar-refractivity contribution < 1.29 is 23.0 Å². The number of thiophene rings is 1. The molecule has 2 aromatic carbocycles. The maximum atomic E-state index is 13.9. The van der Waals surface area contributed by atoms with Crippen LogP contribution in [0.25, 0.3) is 21.3 Å². The lowest BCUT2D eigenvalue weighted by atomic mass is 9.91. The molecule has 0 saturated heterocycles. The van der Waals surface area contributed by atoms with E-state index in [0.29, 0.717) is 59.2 Å². The van der Waals surface area contributed by atoms with E-state index in [1.807, 2.05) is 26.0 Å². The van der Waals surface area contributed by atoms with Gasteiger partial charge in [0, 0.05) is 51.9 Å². The fourth-order valence-electron chi connectivity index (χ4n) is 6.90. The van der Waals surface area contributed by atoms with Crippen molar-refractivity contribution in [1.82, 2.24) is 19.4 Å². The summed E-state index contributed by atoms with van der Waals surface area (Å²) in [5.74, 6) is -0.895. The Morgan fingerprint density at radius 2 is 1.80 bits per heavy atom. The number of carbonyl (C=O) groups is 1. The highest BCUT2D eigenvalue weighted by Crippen LogP contribution is 2.40. The molecular formula is C37H35ClF2N4O4S. The van der Waals surface area contributed by atoms with Crippen molar-refractivity contribution in [2.75, 3.05) is 6.61 Å². The molecule has 0 bridgehead atoms. The predicted octanol–water partition coefficient (Wildman–Crippen LogP) is 7.59. The highest BCUT2D eigenvalue weighted by Gasteiger charge is 2.32. The monoisotopic (exact) mass is 704 g/mol. The third-order valence-electron chi connectivity index (χ3n) is 9.22. The van der Waals surface area contributed by atoms with Gasteiger partial charge in [0.1, 0.15) is 18.2 Å². The molecule has 49 heavy (non-hydrogen) atoms. The third-order valence-corrected chi connectivity index (χ3v) is 10.5. The molecular weight excluding hydrogens is 670 g/mol. The second kappa shape index (κ2) is 13.3. The summed E-state index contributed by atoms with van der Waals surface area (Å²) in [5, 5.41) is 2.29. The predicted molar refractivity (Wildman–Crippen MR) is 186 cm³/mol. The Kier molecular flexibility index (Phi) is 9.02. The second-order valence-corrected chi connectivity index (χ2v) is 14.3. The van der Waals surface area contributed by atoms with Crippen molar-refractivity contribution in [3.05, 3.63) is 108 Å². The lowest BCUT2D eigenvalue weighted by molar-refractivity contribution is 0.0380. The normalized spacial score (nSPS) is 15.9. The number of ether oxygens (including phenoxy) is 2. The molecule has 0 amide bonds. The van der Waals surface area contributed by atoms with Crippen LogP contribution in [0.5, 0.6) is 5.75 Å². The number of nitrogens with zero attached hydrogens (tertiary/aromatic N) is 4. The molecule has 0 N–H and O–H groups in total. The highest BCUT2D eigenvalue weighted by molar-refractivity contribution is 7.18. The first-order valence-corrected chi connectivity index (χ1v) is 17.5. The molecule has 1 unspecified atom stereocenters. The van der Waals surface area contributed by atoms with Crippen LogP contribution in [-0.2, 0) is 37.2 Å². The van der Waals surface area contributed by atoms with Crippen LogP contribution < -0.4 is 10.3 Å². The quantitative estimate of drug-likeness (QED) is 0.154. The van der Waals surface area contributed by atoms with Crippen LogP contribution in [0.4, 0.5) is 8.78 Å². The maximum Gasteiger partial charge on any atom is 0.341 e. The standard InChI is InChI=1S/C37H35ClF2N4O4S/c1-19(2)48-37(46)29-18-49-35-27(11-20(3)41-34(29)35)26-14-24(38)5-8-33(26)47-10-9-44-21(4)42-32-7-6-25(15-28(32)36(44)45)43-16-22-12-30(39)31(40)13-23(22)17-43/h5,8,11-14,18-19,25H,6-7,9-10,15-17H2,1-4H3. The lowest BCUT2D eigenvalue weighted by Gasteiger charge is -2.32. The number of pyridine rings is 1. The summed E-state index contributed by atoms with van der Waals surface area (Å²) < 4.78 is 42.0. The van der Waals surface area contributed by atoms with E-state index in [-0.39, 0.29) is 30.9 Å². The average Bonchev–Trinajstić information content (AvgIpc) is 3.67. The number of esters is 1. The van der Waals surface area contributed by atoms with Gasteiger partial charge in [-0.15, -0.1) is 11.3 Å². The summed E-state index contributed by atoms with van der Waals surface area (Å²) in [4.78, 5) is 38.4. The van der Waals surface area contributed by atoms with Gasteiger partial charge in [0.2, 0.25) is 0 Å². The average molecular weight is 705 g/mol. The fourth-order valence-corrected chi connectivity index (χ4v) is 8.08. The number of rotatable bonds is 8. The number of fused-ring (bicyclic) bond motifs is 3. The van der Waals surface area contributed by atoms with Gasteiger partial charge >= 0.3 is 5.97 Å². The van der Waals surface area contributed by atoms with Crippen molar-refractivity contribution in [1.29, 1.82) is 0 Å². The van der Waals surface area contributed by atoms with E-state index < -0.39 is 17.6 Å². The van der Waals surface area contributed by atoms with Crippen molar-refractivity contribution in [2.45, 2.75) is 78.7 Å². The van der Waals surface area contributed by atoms with Gasteiger partial charge in [-0.25, -0.2) is 18.6 Å². The number of halogens is 3. The molecule has 0 saturated carbocycles. The minimum absolute atomic E-state index is 0.0650. The zero-order valence-corrected chi connectivity index (χ0v) is 29.2. The molecule has 1 atom stereocenters. The Balaban J connectivity index is 1.11. The molecule has 254 valence electrons. The van der Waals surface area contributed by atoms with Gasteiger partial charge < -0.3 is 9.47 Å². The third kappa shape index (κ3) is 6.47. The topological polar surface area (TPSA) is 86.6 Å². The van der Waals surface area contributed by atoms with Crippen molar-refractivity contribution in [3.63, 3.8) is 0 Å². The van der Waals surface area contributed by atoms with Crippen LogP contribution in [0.1, 0.15) is 64.5 Å². The molecule has 0 radical (unpaired) electrons. The summed E-state index contributed by atoms with van der Waals surface area (Å²) in [6.45, 7) is 8.83. The molecule has 1 aliphatic heterocycles. The highest BCUT2D eigenvalue weighted by atomic mass is 35.5. The van der Waals surface area contributed by atoms with E-state index in [1.165, 1.54) is 23.5 Å². The first kappa shape index (κ1) is 33.3. The van der Waals surface area contributed by atoms with E-state index in [1.54, 1.807) is 35.9 Å². The zero-order chi connectivity index (χ0) is 34.6. The van der Waals surface area contributed by atoms with E-state index in [0.717, 1.165) is 44.8 Å². The van der Waals surface area contributed by atoms with Gasteiger partial charge in [0.05, 0.1) is 34.1 Å². The van der Waals surface area contributed by atoms with Crippen LogP contribution in [0.2, 0.25) is 5.02 Å². The maximum absolute atomic E-state index is 13.9. The van der Waals surface area contributed by atoms with E-state index >= 15 is 0 Å². The second-order valence-electron chi connectivity index (χ2n) is 13.0. The molecule has 12 heteroatoms. The van der Waals surface area contributed by atoms with E-state index in [9.17, 15) is 18.4 Å². The van der Waals surface area contributed by atoms with Crippen LogP contribution in [0.3, 0.4) is 0 Å². The van der Waals surface area contributed by atoms with Crippen LogP contribution in [0, 0.1) is 25.5 Å². The van der Waals surface area contributed by atoms with Crippen molar-refractivity contribution in [3.8, 4) is 16.9 Å². The van der Waals surface area contributed by atoms with Gasteiger partial charge in [-0.1, -0.05) is 11.6 Å². The summed E-state index contributed by atoms with van der Waals surface area (Å²) >= 11 is 7.88.